The third-order valence-electron chi connectivity index (χ3n) is 3.25. The monoisotopic (exact) mass is 356 g/mol. The fourth-order valence-electron chi connectivity index (χ4n) is 2.15. The Kier molecular flexibility index (Phi) is 11.4. The van der Waals surface area contributed by atoms with Crippen molar-refractivity contribution >= 4 is 12.4 Å². The molecule has 0 fully saturated rings. The molecule has 2 aromatic rings. The fourth-order valence-corrected chi connectivity index (χ4v) is 2.15. The number of nitrogens with two attached hydrogens (primary N) is 1. The largest absolute Gasteiger partial charge is 0.497 e. The number of ether oxygens (including phenoxy) is 3. The average molecular weight is 356 g/mol. The van der Waals surface area contributed by atoms with Gasteiger partial charge in [0.1, 0.15) is 24.0 Å². The summed E-state index contributed by atoms with van der Waals surface area (Å²) in [5.41, 5.74) is 7.00. The Morgan fingerprint density at radius 1 is 0.923 bits per heavy atom. The van der Waals surface area contributed by atoms with Gasteiger partial charge in [0.25, 0.3) is 0 Å². The first kappa shape index (κ1) is 22.7. The highest BCUT2D eigenvalue weighted by atomic mass is 16.5. The summed E-state index contributed by atoms with van der Waals surface area (Å²) in [5, 5.41) is 9.12. The maximum atomic E-state index is 9.12. The van der Waals surface area contributed by atoms with Crippen molar-refractivity contribution < 1.29 is 19.0 Å². The van der Waals surface area contributed by atoms with E-state index in [-0.39, 0.29) is 0 Å². The summed E-state index contributed by atoms with van der Waals surface area (Å²) in [5.74, 6) is 2.07. The van der Waals surface area contributed by atoms with Gasteiger partial charge < -0.3 is 24.7 Å². The van der Waals surface area contributed by atoms with Gasteiger partial charge in [-0.25, -0.2) is 0 Å². The second kappa shape index (κ2) is 13.0. The van der Waals surface area contributed by atoms with Crippen molar-refractivity contribution in [2.75, 3.05) is 28.4 Å². The first-order valence-electron chi connectivity index (χ1n) is 7.56. The summed E-state index contributed by atoms with van der Waals surface area (Å²) in [6.45, 7) is 2.00. The molecule has 0 aliphatic carbocycles. The first-order chi connectivity index (χ1) is 12.7. The molecule has 6 nitrogen and oxygen atoms in total. The SMILES string of the molecule is C=O.CN.COc1cccc(/C(=C\C#N)c2cc(OC)cc(OC)c2)c1. The number of rotatable bonds is 5. The van der Waals surface area contributed by atoms with E-state index in [9.17, 15) is 0 Å². The maximum absolute atomic E-state index is 9.12. The Bertz CT molecular complexity index is 729. The van der Waals surface area contributed by atoms with Crippen LogP contribution in [0.4, 0.5) is 0 Å². The molecule has 0 radical (unpaired) electrons. The van der Waals surface area contributed by atoms with E-state index in [2.05, 4.69) is 11.8 Å². The summed E-state index contributed by atoms with van der Waals surface area (Å²) < 4.78 is 15.8. The van der Waals surface area contributed by atoms with Gasteiger partial charge in [-0.3, -0.25) is 0 Å². The average Bonchev–Trinajstić information content (AvgIpc) is 2.74. The van der Waals surface area contributed by atoms with Crippen LogP contribution in [-0.4, -0.2) is 35.2 Å². The molecule has 26 heavy (non-hydrogen) atoms. The van der Waals surface area contributed by atoms with Crippen molar-refractivity contribution in [2.24, 2.45) is 5.73 Å². The van der Waals surface area contributed by atoms with Gasteiger partial charge in [-0.05, 0) is 48.0 Å². The molecule has 6 heteroatoms. The minimum Gasteiger partial charge on any atom is -0.497 e. The predicted molar refractivity (Wildman–Crippen MR) is 102 cm³/mol. The maximum Gasteiger partial charge on any atom is 0.123 e. The molecule has 2 aromatic carbocycles. The van der Waals surface area contributed by atoms with Crippen LogP contribution < -0.4 is 19.9 Å². The third kappa shape index (κ3) is 6.30. The molecule has 0 amide bonds. The van der Waals surface area contributed by atoms with Crippen LogP contribution in [0.1, 0.15) is 11.1 Å². The zero-order valence-electron chi connectivity index (χ0n) is 15.5. The Hall–Kier alpha value is -3.30. The Labute approximate surface area is 154 Å². The Morgan fingerprint density at radius 2 is 1.42 bits per heavy atom. The minimum atomic E-state index is 0.668. The lowest BCUT2D eigenvalue weighted by Crippen LogP contribution is -1.93. The molecule has 0 saturated carbocycles. The number of nitrogens with zero attached hydrogens (tertiary/aromatic N) is 1. The Morgan fingerprint density at radius 3 is 1.88 bits per heavy atom. The van der Waals surface area contributed by atoms with Crippen molar-refractivity contribution in [3.05, 3.63) is 59.7 Å². The molecule has 0 bridgehead atoms. The zero-order valence-corrected chi connectivity index (χ0v) is 15.5. The third-order valence-corrected chi connectivity index (χ3v) is 3.25. The standard InChI is InChI=1S/C18H17NO3.CH5N.CH2O/c1-20-15-6-4-5-13(9-15)18(7-8-19)14-10-16(21-2)12-17(11-14)22-3;2*1-2/h4-7,9-12H,1-3H3;2H2,1H3;1H2/b18-7+;;. The van der Waals surface area contributed by atoms with Gasteiger partial charge in [0.05, 0.1) is 27.4 Å². The summed E-state index contributed by atoms with van der Waals surface area (Å²) in [6.07, 6.45) is 1.50. The minimum absolute atomic E-state index is 0.668. The first-order valence-corrected chi connectivity index (χ1v) is 7.56. The number of carbonyl (C=O) groups is 1. The van der Waals surface area contributed by atoms with Crippen molar-refractivity contribution in [1.82, 2.24) is 0 Å². The van der Waals surface area contributed by atoms with Crippen LogP contribution in [0.2, 0.25) is 0 Å². The second-order valence-electron chi connectivity index (χ2n) is 4.52. The van der Waals surface area contributed by atoms with Crippen molar-refractivity contribution in [1.29, 1.82) is 5.26 Å². The topological polar surface area (TPSA) is 94.6 Å². The van der Waals surface area contributed by atoms with Gasteiger partial charge in [0.2, 0.25) is 0 Å². The molecule has 2 rings (SSSR count). The highest BCUT2D eigenvalue weighted by molar-refractivity contribution is 5.82. The van der Waals surface area contributed by atoms with Crippen molar-refractivity contribution in [3.8, 4) is 23.3 Å². The lowest BCUT2D eigenvalue weighted by molar-refractivity contribution is -0.0979. The molecule has 0 spiro atoms. The van der Waals surface area contributed by atoms with E-state index >= 15 is 0 Å². The number of hydrogen-bond acceptors (Lipinski definition) is 6. The number of hydrogen-bond donors (Lipinski definition) is 1. The van der Waals surface area contributed by atoms with Crippen LogP contribution in [0.15, 0.2) is 48.5 Å². The van der Waals surface area contributed by atoms with Gasteiger partial charge in [-0.2, -0.15) is 5.26 Å². The quantitative estimate of drug-likeness (QED) is 0.828. The molecule has 0 aliphatic heterocycles. The highest BCUT2D eigenvalue weighted by Crippen LogP contribution is 2.31. The lowest BCUT2D eigenvalue weighted by atomic mass is 9.97. The van der Waals surface area contributed by atoms with Gasteiger partial charge >= 0.3 is 0 Å². The van der Waals surface area contributed by atoms with Crippen LogP contribution in [0.25, 0.3) is 5.57 Å². The fraction of sp³-hybridized carbons (Fsp3) is 0.200. The molecule has 0 atom stereocenters. The molecule has 0 aromatic heterocycles. The van der Waals surface area contributed by atoms with E-state index in [1.807, 2.05) is 43.2 Å². The zero-order chi connectivity index (χ0) is 19.9. The number of carbonyl (C=O) groups excluding carboxylic acids is 1. The van der Waals surface area contributed by atoms with Crippen LogP contribution in [0.5, 0.6) is 17.2 Å². The van der Waals surface area contributed by atoms with Gasteiger partial charge in [0.15, 0.2) is 0 Å². The van der Waals surface area contributed by atoms with Gasteiger partial charge in [-0.15, -0.1) is 0 Å². The number of benzene rings is 2. The predicted octanol–water partition coefficient (Wildman–Crippen LogP) is 3.06. The number of allylic oxidation sites excluding steroid dienone is 1. The smallest absolute Gasteiger partial charge is 0.123 e. The van der Waals surface area contributed by atoms with E-state index in [1.165, 1.54) is 13.1 Å². The molecule has 138 valence electrons. The second-order valence-corrected chi connectivity index (χ2v) is 4.52. The van der Waals surface area contributed by atoms with Crippen molar-refractivity contribution in [3.63, 3.8) is 0 Å². The van der Waals surface area contributed by atoms with Crippen LogP contribution in [-0.2, 0) is 4.79 Å². The lowest BCUT2D eigenvalue weighted by Gasteiger charge is -2.12. The summed E-state index contributed by atoms with van der Waals surface area (Å²) in [4.78, 5) is 8.00. The Balaban J connectivity index is 0.00000146. The van der Waals surface area contributed by atoms with E-state index in [1.54, 1.807) is 27.4 Å². The van der Waals surface area contributed by atoms with Crippen LogP contribution >= 0.6 is 0 Å². The summed E-state index contributed by atoms with van der Waals surface area (Å²) >= 11 is 0. The van der Waals surface area contributed by atoms with E-state index < -0.39 is 0 Å². The van der Waals surface area contributed by atoms with E-state index in [0.29, 0.717) is 11.5 Å². The molecular formula is C20H24N2O4. The molecule has 0 heterocycles. The van der Waals surface area contributed by atoms with E-state index in [4.69, 9.17) is 24.3 Å². The summed E-state index contributed by atoms with van der Waals surface area (Å²) in [7, 11) is 6.30. The van der Waals surface area contributed by atoms with Crippen molar-refractivity contribution in [2.45, 2.75) is 0 Å². The molecule has 0 saturated heterocycles. The molecule has 0 aliphatic rings. The van der Waals surface area contributed by atoms with Crippen LogP contribution in [0.3, 0.4) is 0 Å². The number of nitriles is 1. The van der Waals surface area contributed by atoms with Crippen LogP contribution in [0, 0.1) is 11.3 Å². The summed E-state index contributed by atoms with van der Waals surface area (Å²) in [6, 6.07) is 15.2. The normalized spacial score (nSPS) is 9.46. The van der Waals surface area contributed by atoms with Gasteiger partial charge in [0, 0.05) is 12.1 Å². The number of methoxy groups -OCH3 is 3. The molecule has 2 N–H and O–H groups in total. The highest BCUT2D eigenvalue weighted by Gasteiger charge is 2.10. The molecular weight excluding hydrogens is 332 g/mol. The van der Waals surface area contributed by atoms with Gasteiger partial charge in [-0.1, -0.05) is 12.1 Å². The van der Waals surface area contributed by atoms with E-state index in [0.717, 1.165) is 22.4 Å². The molecule has 0 unspecified atom stereocenters.